The Morgan fingerprint density at radius 2 is 2.05 bits per heavy atom. The van der Waals surface area contributed by atoms with E-state index in [-0.39, 0.29) is 5.60 Å². The molecule has 4 saturated heterocycles. The molecular weight excluding hydrogens is 309 g/mol. The van der Waals surface area contributed by atoms with E-state index >= 15 is 0 Å². The number of nitrogens with zero attached hydrogens (tertiary/aromatic N) is 2. The quantitative estimate of drug-likeness (QED) is 0.859. The number of amidine groups is 1. The predicted molar refractivity (Wildman–Crippen MR) is 84.3 cm³/mol. The number of hydroxylamine groups is 1. The van der Waals surface area contributed by atoms with Gasteiger partial charge >= 0.3 is 0 Å². The maximum atomic E-state index is 6.03. The van der Waals surface area contributed by atoms with E-state index in [2.05, 4.69) is 15.4 Å². The van der Waals surface area contributed by atoms with Crippen molar-refractivity contribution >= 4 is 34.7 Å². The van der Waals surface area contributed by atoms with E-state index in [0.717, 1.165) is 24.5 Å². The van der Waals surface area contributed by atoms with Crippen molar-refractivity contribution < 1.29 is 4.84 Å². The Balaban J connectivity index is 1.56. The van der Waals surface area contributed by atoms with Gasteiger partial charge in [-0.2, -0.15) is 0 Å². The molecule has 0 unspecified atom stereocenters. The van der Waals surface area contributed by atoms with E-state index in [9.17, 15) is 0 Å². The summed E-state index contributed by atoms with van der Waals surface area (Å²) in [6.45, 7) is 3.41. The van der Waals surface area contributed by atoms with Crippen molar-refractivity contribution in [2.45, 2.75) is 24.9 Å². The molecule has 4 fully saturated rings. The summed E-state index contributed by atoms with van der Waals surface area (Å²) in [4.78, 5) is 13.1. The number of piperidine rings is 3. The third kappa shape index (κ3) is 2.44. The molecule has 5 rings (SSSR count). The third-order valence-electron chi connectivity index (χ3n) is 4.83. The monoisotopic (exact) mass is 325 g/mol. The molecule has 0 amide bonds. The summed E-state index contributed by atoms with van der Waals surface area (Å²) >= 11 is 12.0. The van der Waals surface area contributed by atoms with Gasteiger partial charge in [0.05, 0.1) is 15.7 Å². The minimum atomic E-state index is -0.0917. The van der Waals surface area contributed by atoms with Gasteiger partial charge < -0.3 is 4.90 Å². The number of halogens is 2. The van der Waals surface area contributed by atoms with Crippen LogP contribution in [0.1, 0.15) is 19.3 Å². The van der Waals surface area contributed by atoms with Crippen LogP contribution in [-0.4, -0.2) is 36.0 Å². The van der Waals surface area contributed by atoms with E-state index < -0.39 is 0 Å². The molecule has 4 heterocycles. The molecule has 0 saturated carbocycles. The summed E-state index contributed by atoms with van der Waals surface area (Å²) in [5.41, 5.74) is 3.74. The van der Waals surface area contributed by atoms with Crippen molar-refractivity contribution in [2.24, 2.45) is 10.9 Å². The highest BCUT2D eigenvalue weighted by molar-refractivity contribution is 6.42. The van der Waals surface area contributed by atoms with Gasteiger partial charge in [-0.05, 0) is 50.0 Å². The molecule has 4 aliphatic heterocycles. The molecular formula is C15H17Cl2N3O. The van der Waals surface area contributed by atoms with Crippen LogP contribution in [0.25, 0.3) is 0 Å². The Hall–Kier alpha value is -0.810. The molecule has 1 spiro atoms. The van der Waals surface area contributed by atoms with E-state index in [4.69, 9.17) is 28.0 Å². The first-order valence-electron chi connectivity index (χ1n) is 7.34. The van der Waals surface area contributed by atoms with Gasteiger partial charge in [-0.15, -0.1) is 0 Å². The molecule has 21 heavy (non-hydrogen) atoms. The minimum Gasteiger partial charge on any atom is -0.300 e. The van der Waals surface area contributed by atoms with Crippen molar-refractivity contribution in [2.75, 3.05) is 19.6 Å². The average molecular weight is 326 g/mol. The van der Waals surface area contributed by atoms with Crippen LogP contribution in [0.5, 0.6) is 0 Å². The minimum absolute atomic E-state index is 0.0917. The molecule has 1 aromatic carbocycles. The van der Waals surface area contributed by atoms with Crippen LogP contribution in [0.4, 0.5) is 5.69 Å². The number of rotatable bonds is 1. The molecule has 6 heteroatoms. The predicted octanol–water partition coefficient (Wildman–Crippen LogP) is 3.41. The number of hydrogen-bond donors (Lipinski definition) is 1. The topological polar surface area (TPSA) is 36.9 Å². The van der Waals surface area contributed by atoms with Crippen LogP contribution in [0.2, 0.25) is 10.0 Å². The highest BCUT2D eigenvalue weighted by atomic mass is 35.5. The van der Waals surface area contributed by atoms with Crippen molar-refractivity contribution in [1.82, 2.24) is 10.4 Å². The van der Waals surface area contributed by atoms with Gasteiger partial charge in [-0.3, -0.25) is 10.3 Å². The van der Waals surface area contributed by atoms with Crippen LogP contribution in [0, 0.1) is 5.92 Å². The molecule has 2 bridgehead atoms. The zero-order valence-electron chi connectivity index (χ0n) is 11.6. The van der Waals surface area contributed by atoms with Gasteiger partial charge in [-0.1, -0.05) is 23.2 Å². The lowest BCUT2D eigenvalue weighted by molar-refractivity contribution is -0.150. The normalized spacial score (nSPS) is 36.4. The first kappa shape index (κ1) is 13.8. The largest absolute Gasteiger partial charge is 0.300 e. The summed E-state index contributed by atoms with van der Waals surface area (Å²) in [5, 5.41) is 1.07. The first-order chi connectivity index (χ1) is 10.1. The highest BCUT2D eigenvalue weighted by Gasteiger charge is 2.52. The number of nitrogens with one attached hydrogen (secondary N) is 1. The van der Waals surface area contributed by atoms with Crippen molar-refractivity contribution in [3.8, 4) is 0 Å². The van der Waals surface area contributed by atoms with E-state index in [1.54, 1.807) is 12.1 Å². The molecule has 1 aromatic rings. The Bertz CT molecular complexity index is 599. The molecule has 4 nitrogen and oxygen atoms in total. The van der Waals surface area contributed by atoms with E-state index in [0.29, 0.717) is 16.0 Å². The zero-order chi connectivity index (χ0) is 14.4. The number of hydrogen-bond acceptors (Lipinski definition) is 3. The van der Waals surface area contributed by atoms with Crippen LogP contribution in [0.3, 0.4) is 0 Å². The van der Waals surface area contributed by atoms with Gasteiger partial charge in [0.25, 0.3) is 0 Å². The van der Waals surface area contributed by atoms with Crippen molar-refractivity contribution in [1.29, 1.82) is 0 Å². The fourth-order valence-corrected chi connectivity index (χ4v) is 4.02. The lowest BCUT2D eigenvalue weighted by Gasteiger charge is -2.49. The Labute approximate surface area is 134 Å². The smallest absolute Gasteiger partial charge is 0.129 e. The Kier molecular flexibility index (Phi) is 3.38. The van der Waals surface area contributed by atoms with Crippen LogP contribution >= 0.6 is 23.2 Å². The number of benzene rings is 1. The maximum absolute atomic E-state index is 6.03. The molecule has 0 radical (unpaired) electrons. The fraction of sp³-hybridized carbons (Fsp3) is 0.533. The first-order valence-corrected chi connectivity index (χ1v) is 8.09. The molecule has 112 valence electrons. The van der Waals surface area contributed by atoms with Gasteiger partial charge in [0.15, 0.2) is 0 Å². The van der Waals surface area contributed by atoms with Gasteiger partial charge in [-0.25, -0.2) is 4.99 Å². The zero-order valence-corrected chi connectivity index (χ0v) is 13.1. The van der Waals surface area contributed by atoms with Crippen LogP contribution in [0.15, 0.2) is 23.2 Å². The van der Waals surface area contributed by atoms with Gasteiger partial charge in [0.1, 0.15) is 11.4 Å². The average Bonchev–Trinajstić information content (AvgIpc) is 2.87. The fourth-order valence-electron chi connectivity index (χ4n) is 3.73. The van der Waals surface area contributed by atoms with Crippen LogP contribution in [-0.2, 0) is 4.84 Å². The molecule has 1 N–H and O–H groups in total. The SMILES string of the molecule is Clc1ccc(N=C2C[C@@]3(CN4CCC3CC4)ON2)cc1Cl. The summed E-state index contributed by atoms with van der Waals surface area (Å²) in [7, 11) is 0. The summed E-state index contributed by atoms with van der Waals surface area (Å²) in [6, 6.07) is 5.41. The highest BCUT2D eigenvalue weighted by Crippen LogP contribution is 2.42. The Morgan fingerprint density at radius 3 is 2.71 bits per heavy atom. The van der Waals surface area contributed by atoms with E-state index in [1.807, 2.05) is 6.07 Å². The van der Waals surface area contributed by atoms with Crippen LogP contribution < -0.4 is 5.48 Å². The summed E-state index contributed by atoms with van der Waals surface area (Å²) in [5.74, 6) is 1.51. The lowest BCUT2D eigenvalue weighted by atomic mass is 9.74. The van der Waals surface area contributed by atoms with E-state index in [1.165, 1.54) is 25.9 Å². The van der Waals surface area contributed by atoms with Crippen molar-refractivity contribution in [3.63, 3.8) is 0 Å². The standard InChI is InChI=1S/C15H17Cl2N3O/c16-12-2-1-11(7-13(12)17)18-14-8-15(21-19-14)9-20-5-3-10(15)4-6-20/h1-2,7,10H,3-6,8-9H2,(H,18,19)/t15-/m0/s1. The van der Waals surface area contributed by atoms with Gasteiger partial charge in [0, 0.05) is 13.0 Å². The lowest BCUT2D eigenvalue weighted by Crippen LogP contribution is -2.59. The molecule has 4 aliphatic rings. The second-order valence-electron chi connectivity index (χ2n) is 6.15. The second kappa shape index (κ2) is 5.13. The molecule has 0 aliphatic carbocycles. The number of fused-ring (bicyclic) bond motifs is 2. The number of aliphatic imine (C=N–C) groups is 1. The molecule has 0 aromatic heterocycles. The second-order valence-corrected chi connectivity index (χ2v) is 6.97. The maximum Gasteiger partial charge on any atom is 0.129 e. The van der Waals surface area contributed by atoms with Crippen molar-refractivity contribution in [3.05, 3.63) is 28.2 Å². The molecule has 1 atom stereocenters. The Morgan fingerprint density at radius 1 is 1.24 bits per heavy atom. The summed E-state index contributed by atoms with van der Waals surface area (Å²) in [6.07, 6.45) is 3.29. The van der Waals surface area contributed by atoms with Gasteiger partial charge in [0.2, 0.25) is 0 Å². The summed E-state index contributed by atoms with van der Waals surface area (Å²) < 4.78 is 0. The third-order valence-corrected chi connectivity index (χ3v) is 5.57.